The standard InChI is InChI=1S/C28H20Br6O2/c1-4-10-35-27-21(33)12-19(31)23-15(6-8-17(29)25(23)27)14(3)16-7-9-18(30)26-24(16)20(32)13-22(34)28(26)36-11-5-2/h4-9,12-14H,1-2,10-11H2,3H3. The molecule has 0 unspecified atom stereocenters. The van der Waals surface area contributed by atoms with E-state index in [2.05, 4.69) is 140 Å². The lowest BCUT2D eigenvalue weighted by atomic mass is 9.86. The minimum absolute atomic E-state index is 0.0469. The van der Waals surface area contributed by atoms with Crippen LogP contribution in [0.4, 0.5) is 0 Å². The zero-order valence-corrected chi connectivity index (χ0v) is 28.6. The summed E-state index contributed by atoms with van der Waals surface area (Å²) in [5.74, 6) is 1.60. The van der Waals surface area contributed by atoms with Crippen molar-refractivity contribution in [2.24, 2.45) is 0 Å². The van der Waals surface area contributed by atoms with Crippen LogP contribution >= 0.6 is 95.6 Å². The van der Waals surface area contributed by atoms with E-state index in [0.29, 0.717) is 13.2 Å². The Morgan fingerprint density at radius 3 is 1.36 bits per heavy atom. The van der Waals surface area contributed by atoms with Gasteiger partial charge in [-0.15, -0.1) is 0 Å². The van der Waals surface area contributed by atoms with Gasteiger partial charge in [0.15, 0.2) is 0 Å². The molecule has 0 spiro atoms. The lowest BCUT2D eigenvalue weighted by Crippen LogP contribution is -2.03. The van der Waals surface area contributed by atoms with E-state index in [4.69, 9.17) is 9.47 Å². The van der Waals surface area contributed by atoms with Gasteiger partial charge in [-0.25, -0.2) is 0 Å². The van der Waals surface area contributed by atoms with Gasteiger partial charge in [-0.2, -0.15) is 0 Å². The summed E-state index contributed by atoms with van der Waals surface area (Å²) >= 11 is 22.5. The molecule has 0 atom stereocenters. The molecule has 36 heavy (non-hydrogen) atoms. The Morgan fingerprint density at radius 2 is 1.00 bits per heavy atom. The van der Waals surface area contributed by atoms with Crippen LogP contribution in [0.5, 0.6) is 11.5 Å². The predicted octanol–water partition coefficient (Wildman–Crippen LogP) is 11.8. The normalized spacial score (nSPS) is 11.3. The van der Waals surface area contributed by atoms with E-state index in [1.807, 2.05) is 12.1 Å². The van der Waals surface area contributed by atoms with Crippen molar-refractivity contribution >= 4 is 117 Å². The molecule has 0 aliphatic carbocycles. The fraction of sp³-hybridized carbons (Fsp3) is 0.143. The fourth-order valence-electron chi connectivity index (χ4n) is 4.34. The van der Waals surface area contributed by atoms with Crippen LogP contribution in [0.1, 0.15) is 24.0 Å². The second kappa shape index (κ2) is 12.0. The predicted molar refractivity (Wildman–Crippen MR) is 173 cm³/mol. The summed E-state index contributed by atoms with van der Waals surface area (Å²) in [7, 11) is 0. The Balaban J connectivity index is 2.02. The monoisotopic (exact) mass is 862 g/mol. The molecule has 4 rings (SSSR count). The van der Waals surface area contributed by atoms with Crippen molar-refractivity contribution in [1.82, 2.24) is 0 Å². The number of rotatable bonds is 8. The second-order valence-corrected chi connectivity index (χ2v) is 13.2. The van der Waals surface area contributed by atoms with Crippen molar-refractivity contribution in [3.8, 4) is 11.5 Å². The van der Waals surface area contributed by atoms with E-state index in [9.17, 15) is 0 Å². The zero-order chi connectivity index (χ0) is 26.1. The molecule has 0 heterocycles. The van der Waals surface area contributed by atoms with Crippen molar-refractivity contribution < 1.29 is 9.47 Å². The Labute approximate surface area is 261 Å². The summed E-state index contributed by atoms with van der Waals surface area (Å²) < 4.78 is 17.8. The van der Waals surface area contributed by atoms with Gasteiger partial charge in [0, 0.05) is 45.4 Å². The SMILES string of the molecule is C=CCOc1c(Br)cc(Br)c2c(C(C)c3ccc(Br)c4c(OCC=C)c(Br)cc(Br)c34)ccc(Br)c12. The molecule has 0 aliphatic rings. The number of hydrogen-bond donors (Lipinski definition) is 0. The largest absolute Gasteiger partial charge is 0.488 e. The van der Waals surface area contributed by atoms with Gasteiger partial charge in [-0.1, -0.05) is 108 Å². The van der Waals surface area contributed by atoms with Crippen LogP contribution in [0.15, 0.2) is 88.5 Å². The van der Waals surface area contributed by atoms with Crippen LogP contribution in [0.2, 0.25) is 0 Å². The maximum Gasteiger partial charge on any atom is 0.143 e. The van der Waals surface area contributed by atoms with Gasteiger partial charge in [-0.05, 0) is 67.3 Å². The van der Waals surface area contributed by atoms with E-state index < -0.39 is 0 Å². The third-order valence-electron chi connectivity index (χ3n) is 5.87. The lowest BCUT2D eigenvalue weighted by molar-refractivity contribution is 0.365. The van der Waals surface area contributed by atoms with E-state index in [-0.39, 0.29) is 5.92 Å². The third-order valence-corrected chi connectivity index (χ3v) is 9.62. The molecule has 8 heteroatoms. The van der Waals surface area contributed by atoms with Crippen LogP contribution in [0.3, 0.4) is 0 Å². The first kappa shape index (κ1) is 28.4. The molecule has 0 amide bonds. The number of ether oxygens (including phenoxy) is 2. The van der Waals surface area contributed by atoms with Gasteiger partial charge >= 0.3 is 0 Å². The Kier molecular flexibility index (Phi) is 9.49. The molecular formula is C28H20Br6O2. The molecule has 0 saturated carbocycles. The molecular weight excluding hydrogens is 848 g/mol. The highest BCUT2D eigenvalue weighted by molar-refractivity contribution is 9.11. The Morgan fingerprint density at radius 1 is 0.611 bits per heavy atom. The molecule has 0 saturated heterocycles. The van der Waals surface area contributed by atoms with Gasteiger partial charge in [0.25, 0.3) is 0 Å². The number of fused-ring (bicyclic) bond motifs is 2. The second-order valence-electron chi connectivity index (χ2n) is 8.03. The van der Waals surface area contributed by atoms with Gasteiger partial charge in [0.1, 0.15) is 24.7 Å². The molecule has 4 aromatic rings. The van der Waals surface area contributed by atoms with E-state index >= 15 is 0 Å². The fourth-order valence-corrected chi connectivity index (χ4v) is 8.37. The zero-order valence-electron chi connectivity index (χ0n) is 19.1. The number of benzene rings is 4. The third kappa shape index (κ3) is 5.28. The van der Waals surface area contributed by atoms with Gasteiger partial charge < -0.3 is 9.47 Å². The van der Waals surface area contributed by atoms with Gasteiger partial charge in [0.05, 0.1) is 8.95 Å². The van der Waals surface area contributed by atoms with Gasteiger partial charge in [0.2, 0.25) is 0 Å². The van der Waals surface area contributed by atoms with E-state index in [1.54, 1.807) is 12.2 Å². The quantitative estimate of drug-likeness (QED) is 0.164. The average Bonchev–Trinajstić information content (AvgIpc) is 2.84. The summed E-state index contributed by atoms with van der Waals surface area (Å²) in [6.45, 7) is 10.6. The van der Waals surface area contributed by atoms with E-state index in [1.165, 1.54) is 11.1 Å². The van der Waals surface area contributed by atoms with Crippen LogP contribution in [0, 0.1) is 0 Å². The minimum Gasteiger partial charge on any atom is -0.488 e. The maximum atomic E-state index is 6.09. The Bertz CT molecular complexity index is 1400. The maximum absolute atomic E-state index is 6.09. The molecule has 0 N–H and O–H groups in total. The minimum atomic E-state index is 0.0469. The first-order chi connectivity index (χ1) is 17.2. The van der Waals surface area contributed by atoms with Crippen LogP contribution in [-0.2, 0) is 0 Å². The smallest absolute Gasteiger partial charge is 0.143 e. The molecule has 0 aliphatic heterocycles. The summed E-state index contributed by atoms with van der Waals surface area (Å²) in [4.78, 5) is 0. The molecule has 0 aromatic heterocycles. The number of halogens is 6. The van der Waals surface area contributed by atoms with Crippen molar-refractivity contribution in [3.63, 3.8) is 0 Å². The lowest BCUT2D eigenvalue weighted by Gasteiger charge is -2.23. The van der Waals surface area contributed by atoms with Crippen LogP contribution in [0.25, 0.3) is 21.5 Å². The van der Waals surface area contributed by atoms with Crippen LogP contribution < -0.4 is 9.47 Å². The van der Waals surface area contributed by atoms with Crippen molar-refractivity contribution in [1.29, 1.82) is 0 Å². The summed E-state index contributed by atoms with van der Waals surface area (Å²) in [5.41, 5.74) is 2.34. The highest BCUT2D eigenvalue weighted by Gasteiger charge is 2.24. The molecule has 186 valence electrons. The summed E-state index contributed by atoms with van der Waals surface area (Å²) in [5, 5.41) is 4.18. The Hall–Kier alpha value is -0.640. The van der Waals surface area contributed by atoms with Crippen LogP contribution in [-0.4, -0.2) is 13.2 Å². The van der Waals surface area contributed by atoms with Crippen molar-refractivity contribution in [2.75, 3.05) is 13.2 Å². The molecule has 4 aromatic carbocycles. The molecule has 0 fully saturated rings. The topological polar surface area (TPSA) is 18.5 Å². The average molecular weight is 868 g/mol. The number of hydrogen-bond acceptors (Lipinski definition) is 2. The highest BCUT2D eigenvalue weighted by atomic mass is 79.9. The molecule has 0 radical (unpaired) electrons. The molecule has 0 bridgehead atoms. The highest BCUT2D eigenvalue weighted by Crippen LogP contribution is 2.49. The van der Waals surface area contributed by atoms with Gasteiger partial charge in [-0.3, -0.25) is 0 Å². The summed E-state index contributed by atoms with van der Waals surface area (Å²) in [6, 6.07) is 12.6. The van der Waals surface area contributed by atoms with Crippen molar-refractivity contribution in [3.05, 3.63) is 99.7 Å². The summed E-state index contributed by atoms with van der Waals surface area (Å²) in [6.07, 6.45) is 3.49. The van der Waals surface area contributed by atoms with Crippen molar-refractivity contribution in [2.45, 2.75) is 12.8 Å². The molecule has 2 nitrogen and oxygen atoms in total. The first-order valence-electron chi connectivity index (χ1n) is 10.9. The van der Waals surface area contributed by atoms with E-state index in [0.717, 1.165) is 59.9 Å². The first-order valence-corrected chi connectivity index (χ1v) is 15.6.